The van der Waals surface area contributed by atoms with Gasteiger partial charge in [0.2, 0.25) is 5.43 Å². The predicted molar refractivity (Wildman–Crippen MR) is 87.3 cm³/mol. The summed E-state index contributed by atoms with van der Waals surface area (Å²) in [4.78, 5) is 14.3. The van der Waals surface area contributed by atoms with Crippen LogP contribution < -0.4 is 5.43 Å². The smallest absolute Gasteiger partial charge is 0.223 e. The van der Waals surface area contributed by atoms with Crippen LogP contribution in [-0.2, 0) is 17.8 Å². The number of aromatic hydroxyl groups is 1. The minimum absolute atomic E-state index is 0.0957. The summed E-state index contributed by atoms with van der Waals surface area (Å²) in [5.41, 5.74) is 1.37. The Morgan fingerprint density at radius 1 is 1.36 bits per heavy atom. The molecule has 2 heterocycles. The Labute approximate surface area is 132 Å². The highest BCUT2D eigenvalue weighted by atomic mass is 16.5. The Morgan fingerprint density at radius 2 is 2.05 bits per heavy atom. The molecular weight excluding hydrogens is 280 g/mol. The van der Waals surface area contributed by atoms with Crippen LogP contribution in [0.1, 0.15) is 37.6 Å². The molecule has 1 N–H and O–H groups in total. The Morgan fingerprint density at radius 3 is 2.68 bits per heavy atom. The maximum absolute atomic E-state index is 11.9. The number of hydrogen-bond donors (Lipinski definition) is 1. The summed E-state index contributed by atoms with van der Waals surface area (Å²) in [6, 6.07) is 1.52. The molecular formula is C17H28N2O3. The summed E-state index contributed by atoms with van der Waals surface area (Å²) < 4.78 is 7.17. The molecule has 0 radical (unpaired) electrons. The van der Waals surface area contributed by atoms with E-state index >= 15 is 0 Å². The van der Waals surface area contributed by atoms with Crippen LogP contribution in [0.5, 0.6) is 5.75 Å². The van der Waals surface area contributed by atoms with Crippen LogP contribution in [-0.4, -0.2) is 41.4 Å². The van der Waals surface area contributed by atoms with E-state index in [4.69, 9.17) is 4.74 Å². The number of piperidine rings is 1. The zero-order chi connectivity index (χ0) is 16.1. The largest absolute Gasteiger partial charge is 0.503 e. The first-order valence-electron chi connectivity index (χ1n) is 8.16. The SMILES string of the molecule is COCCCn1c(C)cc(=O)c(O)c1CN1CCC(C)CC1. The first kappa shape index (κ1) is 17.0. The van der Waals surface area contributed by atoms with E-state index in [0.717, 1.165) is 43.4 Å². The fourth-order valence-corrected chi connectivity index (χ4v) is 3.09. The standard InChI is InChI=1S/C17H28N2O3/c1-13-5-8-18(9-6-13)12-15-17(21)16(20)11-14(2)19(15)7-4-10-22-3/h11,13,21H,4-10,12H2,1-3H3. The minimum atomic E-state index is -0.277. The molecule has 1 aliphatic heterocycles. The van der Waals surface area contributed by atoms with E-state index in [-0.39, 0.29) is 11.2 Å². The molecule has 0 aromatic carbocycles. The van der Waals surface area contributed by atoms with Gasteiger partial charge >= 0.3 is 0 Å². The molecule has 1 saturated heterocycles. The van der Waals surface area contributed by atoms with E-state index in [1.807, 2.05) is 6.92 Å². The van der Waals surface area contributed by atoms with Crippen molar-refractivity contribution in [2.45, 2.75) is 46.2 Å². The zero-order valence-electron chi connectivity index (χ0n) is 14.0. The predicted octanol–water partition coefficient (Wildman–Crippen LogP) is 2.13. The van der Waals surface area contributed by atoms with E-state index in [2.05, 4.69) is 16.4 Å². The molecule has 0 saturated carbocycles. The van der Waals surface area contributed by atoms with Crippen LogP contribution >= 0.6 is 0 Å². The van der Waals surface area contributed by atoms with Gasteiger partial charge in [-0.15, -0.1) is 0 Å². The van der Waals surface area contributed by atoms with E-state index < -0.39 is 0 Å². The Balaban J connectivity index is 2.21. The van der Waals surface area contributed by atoms with E-state index in [1.54, 1.807) is 7.11 Å². The summed E-state index contributed by atoms with van der Waals surface area (Å²) in [5, 5.41) is 10.3. The van der Waals surface area contributed by atoms with Crippen molar-refractivity contribution in [1.82, 2.24) is 9.47 Å². The number of nitrogens with zero attached hydrogens (tertiary/aromatic N) is 2. The first-order chi connectivity index (χ1) is 10.5. The summed E-state index contributed by atoms with van der Waals surface area (Å²) in [7, 11) is 1.69. The molecule has 2 rings (SSSR count). The second-order valence-corrected chi connectivity index (χ2v) is 6.40. The molecule has 0 atom stereocenters. The summed E-state index contributed by atoms with van der Waals surface area (Å²) in [6.07, 6.45) is 3.23. The summed E-state index contributed by atoms with van der Waals surface area (Å²) >= 11 is 0. The second kappa shape index (κ2) is 7.79. The Kier molecular flexibility index (Phi) is 6.03. The zero-order valence-corrected chi connectivity index (χ0v) is 14.0. The first-order valence-corrected chi connectivity index (χ1v) is 8.16. The van der Waals surface area contributed by atoms with Gasteiger partial charge in [-0.25, -0.2) is 0 Å². The van der Waals surface area contributed by atoms with Gasteiger partial charge < -0.3 is 14.4 Å². The molecule has 1 aliphatic rings. The number of pyridine rings is 1. The van der Waals surface area contributed by atoms with Gasteiger partial charge in [0.05, 0.1) is 5.69 Å². The van der Waals surface area contributed by atoms with E-state index in [1.165, 1.54) is 18.9 Å². The van der Waals surface area contributed by atoms with Gasteiger partial charge in [-0.05, 0) is 45.2 Å². The molecule has 5 heteroatoms. The lowest BCUT2D eigenvalue weighted by Crippen LogP contribution is -2.34. The van der Waals surface area contributed by atoms with Crippen molar-refractivity contribution >= 4 is 0 Å². The molecule has 0 aliphatic carbocycles. The third kappa shape index (κ3) is 4.11. The monoisotopic (exact) mass is 308 g/mol. The van der Waals surface area contributed by atoms with Crippen molar-refractivity contribution in [2.24, 2.45) is 5.92 Å². The molecule has 1 aromatic rings. The quantitative estimate of drug-likeness (QED) is 0.818. The van der Waals surface area contributed by atoms with Crippen molar-refractivity contribution < 1.29 is 9.84 Å². The lowest BCUT2D eigenvalue weighted by molar-refractivity contribution is 0.174. The van der Waals surface area contributed by atoms with Crippen LogP contribution in [0.3, 0.4) is 0 Å². The third-order valence-electron chi connectivity index (χ3n) is 4.58. The number of aromatic nitrogens is 1. The number of hydrogen-bond acceptors (Lipinski definition) is 4. The molecule has 0 unspecified atom stereocenters. The molecule has 0 amide bonds. The average Bonchev–Trinajstić information content (AvgIpc) is 2.49. The van der Waals surface area contributed by atoms with E-state index in [9.17, 15) is 9.90 Å². The van der Waals surface area contributed by atoms with Crippen molar-refractivity contribution in [1.29, 1.82) is 0 Å². The van der Waals surface area contributed by atoms with Gasteiger partial charge in [-0.3, -0.25) is 9.69 Å². The number of ether oxygens (including phenoxy) is 1. The highest BCUT2D eigenvalue weighted by Gasteiger charge is 2.20. The van der Waals surface area contributed by atoms with Crippen molar-refractivity contribution in [3.05, 3.63) is 27.7 Å². The molecule has 124 valence electrons. The van der Waals surface area contributed by atoms with Crippen molar-refractivity contribution in [3.63, 3.8) is 0 Å². The maximum atomic E-state index is 11.9. The second-order valence-electron chi connectivity index (χ2n) is 6.40. The normalized spacial score (nSPS) is 17.0. The highest BCUT2D eigenvalue weighted by Crippen LogP contribution is 2.22. The van der Waals surface area contributed by atoms with Gasteiger partial charge in [0.1, 0.15) is 0 Å². The van der Waals surface area contributed by atoms with Crippen molar-refractivity contribution in [3.8, 4) is 5.75 Å². The van der Waals surface area contributed by atoms with Crippen LogP contribution in [0.4, 0.5) is 0 Å². The molecule has 5 nitrogen and oxygen atoms in total. The number of rotatable bonds is 6. The maximum Gasteiger partial charge on any atom is 0.223 e. The van der Waals surface area contributed by atoms with Crippen LogP contribution in [0, 0.1) is 12.8 Å². The topological polar surface area (TPSA) is 54.7 Å². The molecule has 22 heavy (non-hydrogen) atoms. The van der Waals surface area contributed by atoms with Crippen LogP contribution in [0.25, 0.3) is 0 Å². The third-order valence-corrected chi connectivity index (χ3v) is 4.58. The molecule has 0 bridgehead atoms. The Hall–Kier alpha value is -1.33. The van der Waals surface area contributed by atoms with E-state index in [0.29, 0.717) is 13.2 Å². The van der Waals surface area contributed by atoms with Gasteiger partial charge in [0.15, 0.2) is 5.75 Å². The Bertz CT molecular complexity index is 546. The van der Waals surface area contributed by atoms with Gasteiger partial charge in [-0.2, -0.15) is 0 Å². The minimum Gasteiger partial charge on any atom is -0.503 e. The lowest BCUT2D eigenvalue weighted by atomic mass is 9.99. The summed E-state index contributed by atoms with van der Waals surface area (Å²) in [6.45, 7) is 8.34. The van der Waals surface area contributed by atoms with Crippen LogP contribution in [0.15, 0.2) is 10.9 Å². The van der Waals surface area contributed by atoms with Crippen molar-refractivity contribution in [2.75, 3.05) is 26.8 Å². The molecule has 1 aromatic heterocycles. The summed E-state index contributed by atoms with van der Waals surface area (Å²) in [5.74, 6) is 0.674. The van der Waals surface area contributed by atoms with Gasteiger partial charge in [0, 0.05) is 38.6 Å². The number of aryl methyl sites for hydroxylation is 1. The van der Waals surface area contributed by atoms with Gasteiger partial charge in [-0.1, -0.05) is 6.92 Å². The fraction of sp³-hybridized carbons (Fsp3) is 0.706. The molecule has 1 fully saturated rings. The molecule has 0 spiro atoms. The van der Waals surface area contributed by atoms with Crippen LogP contribution in [0.2, 0.25) is 0 Å². The number of methoxy groups -OCH3 is 1. The van der Waals surface area contributed by atoms with Gasteiger partial charge in [0.25, 0.3) is 0 Å². The number of likely N-dealkylation sites (tertiary alicyclic amines) is 1. The fourth-order valence-electron chi connectivity index (χ4n) is 3.09. The lowest BCUT2D eigenvalue weighted by Gasteiger charge is -2.31. The highest BCUT2D eigenvalue weighted by molar-refractivity contribution is 5.29. The average molecular weight is 308 g/mol.